The second-order valence-corrected chi connectivity index (χ2v) is 6.94. The second kappa shape index (κ2) is 4.69. The summed E-state index contributed by atoms with van der Waals surface area (Å²) in [5, 5.41) is 0. The van der Waals surface area contributed by atoms with Gasteiger partial charge < -0.3 is 0 Å². The average molecular weight is 336 g/mol. The summed E-state index contributed by atoms with van der Waals surface area (Å²) in [7, 11) is 0. The van der Waals surface area contributed by atoms with Gasteiger partial charge in [-0.05, 0) is 0 Å². The fraction of sp³-hybridized carbons (Fsp3) is 0.200. The SMILES string of the molecule is Fc1ccc2c(c1)CN(c1ccc3c(c1)OCCO3)[Se]2. The molecule has 0 unspecified atom stereocenters. The molecule has 2 heterocycles. The number of ether oxygens (including phenoxy) is 2. The molecule has 0 saturated carbocycles. The topological polar surface area (TPSA) is 21.7 Å². The van der Waals surface area contributed by atoms with Crippen LogP contribution in [0.5, 0.6) is 11.5 Å². The van der Waals surface area contributed by atoms with Gasteiger partial charge in [-0.15, -0.1) is 0 Å². The van der Waals surface area contributed by atoms with Crippen LogP contribution >= 0.6 is 0 Å². The van der Waals surface area contributed by atoms with Crippen molar-refractivity contribution in [1.29, 1.82) is 0 Å². The van der Waals surface area contributed by atoms with Gasteiger partial charge >= 0.3 is 122 Å². The first-order valence-electron chi connectivity index (χ1n) is 6.43. The van der Waals surface area contributed by atoms with Gasteiger partial charge in [-0.3, -0.25) is 0 Å². The third-order valence-corrected chi connectivity index (χ3v) is 5.78. The van der Waals surface area contributed by atoms with Crippen LogP contribution in [-0.2, 0) is 6.54 Å². The zero-order valence-electron chi connectivity index (χ0n) is 10.6. The first-order chi connectivity index (χ1) is 9.79. The molecule has 3 nitrogen and oxygen atoms in total. The van der Waals surface area contributed by atoms with E-state index >= 15 is 0 Å². The third-order valence-electron chi connectivity index (χ3n) is 3.36. The van der Waals surface area contributed by atoms with Gasteiger partial charge in [0.25, 0.3) is 0 Å². The van der Waals surface area contributed by atoms with Crippen molar-refractivity contribution in [3.8, 4) is 11.5 Å². The van der Waals surface area contributed by atoms with Crippen LogP contribution in [0.2, 0.25) is 0 Å². The number of hydrogen-bond donors (Lipinski definition) is 0. The Morgan fingerprint density at radius 1 is 1.00 bits per heavy atom. The van der Waals surface area contributed by atoms with Crippen molar-refractivity contribution in [2.24, 2.45) is 0 Å². The summed E-state index contributed by atoms with van der Waals surface area (Å²) in [6, 6.07) is 11.1. The summed E-state index contributed by atoms with van der Waals surface area (Å²) in [5.41, 5.74) is 2.19. The van der Waals surface area contributed by atoms with Gasteiger partial charge in [0.05, 0.1) is 0 Å². The van der Waals surface area contributed by atoms with Crippen molar-refractivity contribution in [3.63, 3.8) is 0 Å². The van der Waals surface area contributed by atoms with Gasteiger partial charge in [-0.25, -0.2) is 0 Å². The van der Waals surface area contributed by atoms with Crippen molar-refractivity contribution >= 4 is 25.3 Å². The normalized spacial score (nSPS) is 16.1. The van der Waals surface area contributed by atoms with Crippen LogP contribution < -0.4 is 17.9 Å². The number of rotatable bonds is 1. The zero-order chi connectivity index (χ0) is 13.5. The fourth-order valence-electron chi connectivity index (χ4n) is 2.40. The Hall–Kier alpha value is -1.71. The molecule has 5 heteroatoms. The molecule has 0 atom stereocenters. The Labute approximate surface area is 122 Å². The number of benzene rings is 2. The molecular formula is C15H12FNO2Se. The quantitative estimate of drug-likeness (QED) is 0.742. The second-order valence-electron chi connectivity index (χ2n) is 4.71. The van der Waals surface area contributed by atoms with E-state index in [1.54, 1.807) is 6.07 Å². The predicted octanol–water partition coefficient (Wildman–Crippen LogP) is 1.86. The van der Waals surface area contributed by atoms with Gasteiger partial charge in [-0.1, -0.05) is 0 Å². The molecule has 0 amide bonds. The van der Waals surface area contributed by atoms with Crippen LogP contribution in [0.1, 0.15) is 5.56 Å². The molecular weight excluding hydrogens is 324 g/mol. The molecule has 4 rings (SSSR count). The van der Waals surface area contributed by atoms with Crippen LogP contribution in [0.25, 0.3) is 0 Å². The van der Waals surface area contributed by atoms with E-state index in [2.05, 4.69) is 3.92 Å². The molecule has 0 saturated heterocycles. The summed E-state index contributed by atoms with van der Waals surface area (Å²) in [6.07, 6.45) is 0. The number of halogens is 1. The van der Waals surface area contributed by atoms with Gasteiger partial charge in [0.1, 0.15) is 0 Å². The molecule has 0 radical (unpaired) electrons. The summed E-state index contributed by atoms with van der Waals surface area (Å²) in [4.78, 5) is 0. The minimum absolute atomic E-state index is 0.163. The Bertz CT molecular complexity index is 677. The van der Waals surface area contributed by atoms with E-state index in [1.165, 1.54) is 10.5 Å². The first-order valence-corrected chi connectivity index (χ1v) is 8.05. The van der Waals surface area contributed by atoms with Crippen molar-refractivity contribution in [2.45, 2.75) is 6.54 Å². The van der Waals surface area contributed by atoms with Crippen LogP contribution in [0.15, 0.2) is 36.4 Å². The molecule has 2 aliphatic rings. The summed E-state index contributed by atoms with van der Waals surface area (Å²) >= 11 is 0.187. The van der Waals surface area contributed by atoms with E-state index in [-0.39, 0.29) is 21.0 Å². The molecule has 0 N–H and O–H groups in total. The van der Waals surface area contributed by atoms with Gasteiger partial charge in [0.2, 0.25) is 0 Å². The molecule has 2 aromatic rings. The predicted molar refractivity (Wildman–Crippen MR) is 75.4 cm³/mol. The van der Waals surface area contributed by atoms with Crippen molar-refractivity contribution in [3.05, 3.63) is 47.8 Å². The minimum atomic E-state index is -0.163. The van der Waals surface area contributed by atoms with E-state index in [0.717, 1.165) is 29.3 Å². The van der Waals surface area contributed by atoms with Crippen molar-refractivity contribution < 1.29 is 13.9 Å². The maximum atomic E-state index is 13.3. The molecule has 0 aromatic heterocycles. The molecule has 0 aliphatic carbocycles. The van der Waals surface area contributed by atoms with E-state index in [1.807, 2.05) is 24.3 Å². The van der Waals surface area contributed by atoms with Crippen LogP contribution in [0.4, 0.5) is 10.1 Å². The summed E-state index contributed by atoms with van der Waals surface area (Å²) in [6.45, 7) is 1.95. The van der Waals surface area contributed by atoms with Crippen LogP contribution in [0.3, 0.4) is 0 Å². The van der Waals surface area contributed by atoms with Gasteiger partial charge in [-0.2, -0.15) is 0 Å². The van der Waals surface area contributed by atoms with E-state index in [4.69, 9.17) is 9.47 Å². The van der Waals surface area contributed by atoms with E-state index in [9.17, 15) is 4.39 Å². The Morgan fingerprint density at radius 3 is 2.75 bits per heavy atom. The summed E-state index contributed by atoms with van der Waals surface area (Å²) < 4.78 is 27.9. The van der Waals surface area contributed by atoms with Crippen LogP contribution in [-0.4, -0.2) is 28.4 Å². The van der Waals surface area contributed by atoms with Crippen molar-refractivity contribution in [2.75, 3.05) is 17.1 Å². The zero-order valence-corrected chi connectivity index (χ0v) is 12.3. The molecule has 0 bridgehead atoms. The van der Waals surface area contributed by atoms with E-state index < -0.39 is 0 Å². The number of nitrogens with zero attached hydrogens (tertiary/aromatic N) is 1. The van der Waals surface area contributed by atoms with Gasteiger partial charge in [0.15, 0.2) is 0 Å². The third kappa shape index (κ3) is 2.03. The monoisotopic (exact) mass is 337 g/mol. The average Bonchev–Trinajstić information content (AvgIpc) is 2.89. The molecule has 2 aromatic carbocycles. The molecule has 102 valence electrons. The fourth-order valence-corrected chi connectivity index (χ4v) is 4.56. The number of anilines is 1. The first kappa shape index (κ1) is 12.1. The number of hydrogen-bond acceptors (Lipinski definition) is 3. The Kier molecular flexibility index (Phi) is 2.83. The van der Waals surface area contributed by atoms with Crippen LogP contribution in [0, 0.1) is 5.82 Å². The molecule has 0 spiro atoms. The Balaban J connectivity index is 1.64. The van der Waals surface area contributed by atoms with E-state index in [0.29, 0.717) is 13.2 Å². The number of fused-ring (bicyclic) bond motifs is 2. The molecule has 0 fully saturated rings. The van der Waals surface area contributed by atoms with Gasteiger partial charge in [0, 0.05) is 0 Å². The summed E-state index contributed by atoms with van der Waals surface area (Å²) in [5.74, 6) is 1.44. The maximum absolute atomic E-state index is 13.3. The molecule has 20 heavy (non-hydrogen) atoms. The van der Waals surface area contributed by atoms with Crippen molar-refractivity contribution in [1.82, 2.24) is 0 Å². The Morgan fingerprint density at radius 2 is 1.85 bits per heavy atom. The standard InChI is InChI=1S/C15H12FNO2Se/c16-11-1-4-15-10(7-11)9-17(20-15)12-2-3-13-14(8-12)19-6-5-18-13/h1-4,7-8H,5-6,9H2. The molecule has 2 aliphatic heterocycles.